The van der Waals surface area contributed by atoms with Gasteiger partial charge in [-0.05, 0) is 6.92 Å². The van der Waals surface area contributed by atoms with Crippen molar-refractivity contribution >= 4 is 52.1 Å². The summed E-state index contributed by atoms with van der Waals surface area (Å²) < 4.78 is 29.7. The second-order valence-electron chi connectivity index (χ2n) is 3.96. The van der Waals surface area contributed by atoms with Crippen molar-refractivity contribution in [2.45, 2.75) is 31.9 Å². The smallest absolute Gasteiger partial charge is 0.323 e. The van der Waals surface area contributed by atoms with Crippen molar-refractivity contribution in [3.8, 4) is 0 Å². The summed E-state index contributed by atoms with van der Waals surface area (Å²) in [5.74, 6) is -0.762. The molecule has 0 aliphatic rings. The van der Waals surface area contributed by atoms with Crippen LogP contribution in [0.25, 0.3) is 0 Å². The predicted octanol–water partition coefficient (Wildman–Crippen LogP) is 4.56. The van der Waals surface area contributed by atoms with Gasteiger partial charge in [0.2, 0.25) is 6.43 Å². The van der Waals surface area contributed by atoms with E-state index in [4.69, 9.17) is 34.8 Å². The SMILES string of the molecule is COC(=O)C(CC(F)F)NC(C)c1sc(Cl)c(Cl)c1Cl. The zero-order chi connectivity index (χ0) is 15.4. The maximum absolute atomic E-state index is 12.5. The topological polar surface area (TPSA) is 38.3 Å². The summed E-state index contributed by atoms with van der Waals surface area (Å²) in [7, 11) is 1.14. The Morgan fingerprint density at radius 3 is 2.35 bits per heavy atom. The largest absolute Gasteiger partial charge is 0.468 e. The molecule has 1 aromatic heterocycles. The molecule has 0 aliphatic carbocycles. The normalized spacial score (nSPS) is 14.4. The Bertz CT molecular complexity index is 484. The summed E-state index contributed by atoms with van der Waals surface area (Å²) in [6.07, 6.45) is -3.29. The van der Waals surface area contributed by atoms with Gasteiger partial charge < -0.3 is 4.74 Å². The lowest BCUT2D eigenvalue weighted by Crippen LogP contribution is -2.40. The first-order valence-electron chi connectivity index (χ1n) is 5.53. The number of halogens is 5. The van der Waals surface area contributed by atoms with E-state index in [2.05, 4.69) is 10.1 Å². The van der Waals surface area contributed by atoms with Crippen LogP contribution in [-0.4, -0.2) is 25.5 Å². The Labute approximate surface area is 134 Å². The lowest BCUT2D eigenvalue weighted by molar-refractivity contribution is -0.144. The molecule has 1 aromatic rings. The van der Waals surface area contributed by atoms with Gasteiger partial charge in [-0.3, -0.25) is 10.1 Å². The van der Waals surface area contributed by atoms with Crippen molar-refractivity contribution in [1.82, 2.24) is 5.32 Å². The van der Waals surface area contributed by atoms with E-state index < -0.39 is 30.9 Å². The Kier molecular flexibility index (Phi) is 6.94. The molecule has 2 atom stereocenters. The van der Waals surface area contributed by atoms with Crippen LogP contribution < -0.4 is 5.32 Å². The van der Waals surface area contributed by atoms with E-state index in [1.165, 1.54) is 0 Å². The monoisotopic (exact) mass is 365 g/mol. The van der Waals surface area contributed by atoms with Crippen molar-refractivity contribution in [2.75, 3.05) is 7.11 Å². The summed E-state index contributed by atoms with van der Waals surface area (Å²) in [6.45, 7) is 1.67. The number of carbonyl (C=O) groups is 1. The second kappa shape index (κ2) is 7.75. The number of nitrogens with one attached hydrogen (secondary N) is 1. The van der Waals surface area contributed by atoms with Crippen LogP contribution in [-0.2, 0) is 9.53 Å². The molecule has 0 bridgehead atoms. The van der Waals surface area contributed by atoms with Gasteiger partial charge in [-0.15, -0.1) is 11.3 Å². The Balaban J connectivity index is 2.87. The quantitative estimate of drug-likeness (QED) is 0.750. The highest BCUT2D eigenvalue weighted by Crippen LogP contribution is 2.43. The fourth-order valence-electron chi connectivity index (χ4n) is 1.59. The third-order valence-electron chi connectivity index (χ3n) is 2.53. The molecule has 0 aliphatic heterocycles. The Morgan fingerprint density at radius 2 is 1.95 bits per heavy atom. The molecule has 9 heteroatoms. The molecule has 2 unspecified atom stereocenters. The van der Waals surface area contributed by atoms with E-state index in [0.29, 0.717) is 9.21 Å². The van der Waals surface area contributed by atoms with E-state index in [1.54, 1.807) is 6.92 Å². The maximum Gasteiger partial charge on any atom is 0.323 e. The summed E-state index contributed by atoms with van der Waals surface area (Å²) in [5.41, 5.74) is 0. The minimum Gasteiger partial charge on any atom is -0.468 e. The summed E-state index contributed by atoms with van der Waals surface area (Å²) in [4.78, 5) is 12.0. The van der Waals surface area contributed by atoms with Crippen LogP contribution in [0.4, 0.5) is 8.78 Å². The average molecular weight is 367 g/mol. The van der Waals surface area contributed by atoms with Crippen LogP contribution in [0.5, 0.6) is 0 Å². The number of esters is 1. The van der Waals surface area contributed by atoms with Crippen LogP contribution in [0, 0.1) is 0 Å². The van der Waals surface area contributed by atoms with E-state index >= 15 is 0 Å². The molecule has 0 amide bonds. The Hall–Kier alpha value is -0.140. The molecule has 0 spiro atoms. The number of hydrogen-bond donors (Lipinski definition) is 1. The van der Waals surface area contributed by atoms with E-state index in [1.807, 2.05) is 0 Å². The van der Waals surface area contributed by atoms with Gasteiger partial charge in [0.15, 0.2) is 0 Å². The minimum atomic E-state index is -2.63. The van der Waals surface area contributed by atoms with Crippen molar-refractivity contribution in [2.24, 2.45) is 0 Å². The van der Waals surface area contributed by atoms with Crippen LogP contribution in [0.1, 0.15) is 24.3 Å². The van der Waals surface area contributed by atoms with Crippen LogP contribution in [0.2, 0.25) is 14.4 Å². The molecule has 1 heterocycles. The highest BCUT2D eigenvalue weighted by molar-refractivity contribution is 7.17. The summed E-state index contributed by atoms with van der Waals surface area (Å²) >= 11 is 18.8. The van der Waals surface area contributed by atoms with Gasteiger partial charge in [-0.25, -0.2) is 8.78 Å². The molecule has 114 valence electrons. The first-order chi connectivity index (χ1) is 9.27. The molecular formula is C11H12Cl3F2NO2S. The predicted molar refractivity (Wildman–Crippen MR) is 77.3 cm³/mol. The van der Waals surface area contributed by atoms with Crippen molar-refractivity contribution in [1.29, 1.82) is 0 Å². The average Bonchev–Trinajstić information content (AvgIpc) is 2.64. The lowest BCUT2D eigenvalue weighted by atomic mass is 10.1. The highest BCUT2D eigenvalue weighted by atomic mass is 35.5. The van der Waals surface area contributed by atoms with Crippen LogP contribution >= 0.6 is 46.1 Å². The third kappa shape index (κ3) is 4.43. The molecule has 0 aromatic carbocycles. The zero-order valence-corrected chi connectivity index (χ0v) is 13.6. The molecule has 1 N–H and O–H groups in total. The number of thiophene rings is 1. The number of methoxy groups -OCH3 is 1. The van der Waals surface area contributed by atoms with Crippen LogP contribution in [0.3, 0.4) is 0 Å². The van der Waals surface area contributed by atoms with Gasteiger partial charge >= 0.3 is 5.97 Å². The van der Waals surface area contributed by atoms with Crippen molar-refractivity contribution in [3.05, 3.63) is 19.3 Å². The second-order valence-corrected chi connectivity index (χ2v) is 6.37. The fourth-order valence-corrected chi connectivity index (χ4v) is 3.51. The van der Waals surface area contributed by atoms with E-state index in [9.17, 15) is 13.6 Å². The van der Waals surface area contributed by atoms with Gasteiger partial charge in [0.05, 0.1) is 17.2 Å². The molecule has 1 rings (SSSR count). The molecule has 0 fully saturated rings. The standard InChI is InChI=1S/C11H12Cl3F2NO2S/c1-4(9-7(12)8(13)10(14)20-9)17-5(3-6(15)16)11(18)19-2/h4-6,17H,3H2,1-2H3. The molecule has 0 saturated carbocycles. The number of rotatable bonds is 6. The summed E-state index contributed by atoms with van der Waals surface area (Å²) in [6, 6.07) is -1.61. The molecule has 0 saturated heterocycles. The molecule has 3 nitrogen and oxygen atoms in total. The van der Waals surface area contributed by atoms with E-state index in [0.717, 1.165) is 18.4 Å². The first-order valence-corrected chi connectivity index (χ1v) is 7.48. The van der Waals surface area contributed by atoms with Crippen molar-refractivity contribution in [3.63, 3.8) is 0 Å². The number of alkyl halides is 2. The van der Waals surface area contributed by atoms with Gasteiger partial charge in [-0.2, -0.15) is 0 Å². The highest BCUT2D eigenvalue weighted by Gasteiger charge is 2.27. The van der Waals surface area contributed by atoms with E-state index in [-0.39, 0.29) is 10.0 Å². The molecule has 20 heavy (non-hydrogen) atoms. The van der Waals surface area contributed by atoms with Gasteiger partial charge in [0, 0.05) is 17.3 Å². The Morgan fingerprint density at radius 1 is 1.35 bits per heavy atom. The number of carbonyl (C=O) groups excluding carboxylic acids is 1. The zero-order valence-electron chi connectivity index (χ0n) is 10.6. The van der Waals surface area contributed by atoms with Gasteiger partial charge in [0.1, 0.15) is 10.4 Å². The number of hydrogen-bond acceptors (Lipinski definition) is 4. The number of ether oxygens (including phenoxy) is 1. The summed E-state index contributed by atoms with van der Waals surface area (Å²) in [5, 5.41) is 3.22. The van der Waals surface area contributed by atoms with Gasteiger partial charge in [-0.1, -0.05) is 34.8 Å². The fraction of sp³-hybridized carbons (Fsp3) is 0.545. The van der Waals surface area contributed by atoms with Crippen molar-refractivity contribution < 1.29 is 18.3 Å². The maximum atomic E-state index is 12.5. The molecular weight excluding hydrogens is 355 g/mol. The third-order valence-corrected chi connectivity index (χ3v) is 5.29. The van der Waals surface area contributed by atoms with Gasteiger partial charge in [0.25, 0.3) is 0 Å². The lowest BCUT2D eigenvalue weighted by Gasteiger charge is -2.20. The first kappa shape index (κ1) is 17.9. The van der Waals surface area contributed by atoms with Crippen LogP contribution in [0.15, 0.2) is 0 Å². The molecule has 0 radical (unpaired) electrons. The minimum absolute atomic E-state index is 0.213.